The summed E-state index contributed by atoms with van der Waals surface area (Å²) in [4.78, 5) is 0. The lowest BCUT2D eigenvalue weighted by Gasteiger charge is -2.15. The molecule has 0 amide bonds. The van der Waals surface area contributed by atoms with Crippen LogP contribution in [0.3, 0.4) is 0 Å². The Kier molecular flexibility index (Phi) is 5.48. The van der Waals surface area contributed by atoms with Crippen molar-refractivity contribution in [1.29, 1.82) is 0 Å². The maximum absolute atomic E-state index is 14.8. The number of hydrogen-bond acceptors (Lipinski definition) is 3. The molecule has 0 saturated carbocycles. The normalized spacial score (nSPS) is 16.6. The predicted octanol–water partition coefficient (Wildman–Crippen LogP) is 1.53. The van der Waals surface area contributed by atoms with Gasteiger partial charge in [0, 0.05) is 34.4 Å². The van der Waals surface area contributed by atoms with E-state index in [1.807, 2.05) is 82.5 Å². The number of aliphatic hydroxyl groups is 2. The Morgan fingerprint density at radius 1 is 0.688 bits per heavy atom. The van der Waals surface area contributed by atoms with Gasteiger partial charge in [-0.1, -0.05) is 42.5 Å². The zero-order valence-electron chi connectivity index (χ0n) is 17.6. The van der Waals surface area contributed by atoms with Crippen molar-refractivity contribution in [3.8, 4) is 22.3 Å². The highest BCUT2D eigenvalue weighted by Gasteiger charge is 2.42. The average molecular weight is 444 g/mol. The first kappa shape index (κ1) is 20.8. The van der Waals surface area contributed by atoms with Crippen molar-refractivity contribution in [2.45, 2.75) is 13.1 Å². The maximum atomic E-state index is 14.8. The Balaban J connectivity index is 1.69. The molecule has 1 aliphatic rings. The van der Waals surface area contributed by atoms with E-state index in [0.29, 0.717) is 13.1 Å². The smallest absolute Gasteiger partial charge is 0.180 e. The molecule has 5 rings (SSSR count). The van der Waals surface area contributed by atoms with Crippen LogP contribution >= 0.6 is 7.14 Å². The number of nitrogens with zero attached hydrogens (tertiary/aromatic N) is 2. The molecule has 32 heavy (non-hydrogen) atoms. The van der Waals surface area contributed by atoms with E-state index in [4.69, 9.17) is 5.11 Å². The molecule has 1 aliphatic heterocycles. The van der Waals surface area contributed by atoms with Crippen molar-refractivity contribution < 1.29 is 23.9 Å². The molecule has 5 nitrogen and oxygen atoms in total. The molecule has 3 heterocycles. The van der Waals surface area contributed by atoms with Crippen LogP contribution in [0.25, 0.3) is 22.3 Å². The van der Waals surface area contributed by atoms with E-state index in [2.05, 4.69) is 18.2 Å². The fraction of sp³-hybridized carbons (Fsp3) is 0.154. The third-order valence-corrected chi connectivity index (χ3v) is 9.13. The molecule has 0 saturated heterocycles. The van der Waals surface area contributed by atoms with Gasteiger partial charge < -0.3 is 14.8 Å². The number of aliphatic hydroxyl groups excluding tert-OH is 2. The Labute approximate surface area is 187 Å². The topological polar surface area (TPSA) is 65.3 Å². The molecule has 0 aliphatic carbocycles. The molecule has 1 unspecified atom stereocenters. The van der Waals surface area contributed by atoms with Crippen molar-refractivity contribution in [2.75, 3.05) is 13.2 Å². The molecule has 2 aromatic carbocycles. The van der Waals surface area contributed by atoms with Crippen LogP contribution in [-0.2, 0) is 17.7 Å². The number of benzene rings is 2. The second-order valence-corrected chi connectivity index (χ2v) is 10.6. The van der Waals surface area contributed by atoms with Crippen LogP contribution in [0.15, 0.2) is 91.5 Å². The Morgan fingerprint density at radius 3 is 2.06 bits per heavy atom. The van der Waals surface area contributed by atoms with Crippen LogP contribution in [0.2, 0.25) is 0 Å². The fourth-order valence-electron chi connectivity index (χ4n) is 4.42. The van der Waals surface area contributed by atoms with Gasteiger partial charge >= 0.3 is 0 Å². The molecule has 4 aromatic rings. The summed E-state index contributed by atoms with van der Waals surface area (Å²) in [6, 6.07) is 21.9. The zero-order chi connectivity index (χ0) is 22.1. The quantitative estimate of drug-likeness (QED) is 0.309. The van der Waals surface area contributed by atoms with Crippen molar-refractivity contribution in [1.82, 2.24) is 0 Å². The third-order valence-electron chi connectivity index (χ3n) is 6.02. The molecule has 2 aromatic heterocycles. The van der Waals surface area contributed by atoms with Gasteiger partial charge in [-0.2, -0.15) is 0 Å². The molecule has 2 N–H and O–H groups in total. The molecular formula is C26H25N2O3P+2. The van der Waals surface area contributed by atoms with Gasteiger partial charge in [-0.05, 0) is 22.8 Å². The SMILES string of the molecule is O=P1(c2ccccc2)c2cc(-c3cc[n+](CCO)cc3)ccc2-c2cc[n+](CCO)cc21. The van der Waals surface area contributed by atoms with Gasteiger partial charge in [0.05, 0.1) is 5.30 Å². The zero-order valence-corrected chi connectivity index (χ0v) is 18.5. The summed E-state index contributed by atoms with van der Waals surface area (Å²) in [7, 11) is -3.06. The Hall–Kier alpha value is -3.11. The predicted molar refractivity (Wildman–Crippen MR) is 125 cm³/mol. The highest BCUT2D eigenvalue weighted by atomic mass is 31.2. The van der Waals surface area contributed by atoms with Gasteiger partial charge in [0.1, 0.15) is 13.2 Å². The summed E-state index contributed by atoms with van der Waals surface area (Å²) >= 11 is 0. The van der Waals surface area contributed by atoms with E-state index in [-0.39, 0.29) is 13.2 Å². The van der Waals surface area contributed by atoms with Crippen LogP contribution in [-0.4, -0.2) is 23.4 Å². The van der Waals surface area contributed by atoms with Crippen molar-refractivity contribution in [3.05, 3.63) is 91.5 Å². The van der Waals surface area contributed by atoms with Crippen molar-refractivity contribution in [2.24, 2.45) is 0 Å². The largest absolute Gasteiger partial charge is 0.390 e. The first-order valence-corrected chi connectivity index (χ1v) is 12.4. The summed E-state index contributed by atoms with van der Waals surface area (Å²) in [6.07, 6.45) is 7.76. The monoisotopic (exact) mass is 444 g/mol. The summed E-state index contributed by atoms with van der Waals surface area (Å²) in [5.74, 6) is 0. The second kappa shape index (κ2) is 8.44. The lowest BCUT2D eigenvalue weighted by Crippen LogP contribution is -2.38. The van der Waals surface area contributed by atoms with E-state index in [9.17, 15) is 9.67 Å². The number of hydrogen-bond donors (Lipinski definition) is 2. The molecule has 0 bridgehead atoms. The van der Waals surface area contributed by atoms with Crippen LogP contribution < -0.4 is 25.0 Å². The number of rotatable bonds is 6. The van der Waals surface area contributed by atoms with E-state index in [1.54, 1.807) is 0 Å². The van der Waals surface area contributed by atoms with Crippen LogP contribution in [0.1, 0.15) is 0 Å². The Morgan fingerprint density at radius 2 is 1.34 bits per heavy atom. The Bertz CT molecular complexity index is 1320. The van der Waals surface area contributed by atoms with Crippen molar-refractivity contribution >= 4 is 23.1 Å². The number of fused-ring (bicyclic) bond motifs is 3. The fourth-order valence-corrected chi connectivity index (χ4v) is 7.53. The molecule has 0 spiro atoms. The first-order chi connectivity index (χ1) is 15.6. The standard InChI is InChI=1S/C26H25N2O3P/c29-16-14-27-11-8-20(9-12-27)21-6-7-23-24-10-13-28(15-17-30)19-26(24)32(31,25(23)18-21)22-4-2-1-3-5-22/h1-13,18-19,29-30H,14-17H2/q+2. The number of pyridine rings is 2. The maximum Gasteiger partial charge on any atom is 0.180 e. The summed E-state index contributed by atoms with van der Waals surface area (Å²) < 4.78 is 18.7. The summed E-state index contributed by atoms with van der Waals surface area (Å²) in [5.41, 5.74) is 4.03. The van der Waals surface area contributed by atoms with E-state index >= 15 is 0 Å². The lowest BCUT2D eigenvalue weighted by molar-refractivity contribution is -0.698. The first-order valence-electron chi connectivity index (χ1n) is 10.7. The molecular weight excluding hydrogens is 419 g/mol. The van der Waals surface area contributed by atoms with Gasteiger partial charge in [0.15, 0.2) is 45.0 Å². The minimum atomic E-state index is -3.06. The summed E-state index contributed by atoms with van der Waals surface area (Å²) in [5, 5.41) is 21.0. The van der Waals surface area contributed by atoms with E-state index in [1.165, 1.54) is 0 Å². The van der Waals surface area contributed by atoms with Gasteiger partial charge in [-0.25, -0.2) is 9.13 Å². The van der Waals surface area contributed by atoms with Crippen LogP contribution in [0, 0.1) is 0 Å². The highest BCUT2D eigenvalue weighted by Crippen LogP contribution is 2.52. The molecule has 0 fully saturated rings. The molecule has 6 heteroatoms. The summed E-state index contributed by atoms with van der Waals surface area (Å²) in [6.45, 7) is 1.14. The van der Waals surface area contributed by atoms with Gasteiger partial charge in [0.25, 0.3) is 0 Å². The van der Waals surface area contributed by atoms with Crippen molar-refractivity contribution in [3.63, 3.8) is 0 Å². The van der Waals surface area contributed by atoms with Gasteiger partial charge in [-0.15, -0.1) is 0 Å². The average Bonchev–Trinajstić information content (AvgIpc) is 3.09. The van der Waals surface area contributed by atoms with Gasteiger partial charge in [-0.3, -0.25) is 0 Å². The van der Waals surface area contributed by atoms with E-state index < -0.39 is 7.14 Å². The highest BCUT2D eigenvalue weighted by molar-refractivity contribution is 7.86. The number of aromatic nitrogens is 2. The second-order valence-electron chi connectivity index (χ2n) is 7.93. The lowest BCUT2D eigenvalue weighted by atomic mass is 10.0. The van der Waals surface area contributed by atoms with Crippen LogP contribution in [0.5, 0.6) is 0 Å². The van der Waals surface area contributed by atoms with Crippen LogP contribution in [0.4, 0.5) is 0 Å². The molecule has 0 radical (unpaired) electrons. The van der Waals surface area contributed by atoms with Gasteiger partial charge in [0.2, 0.25) is 0 Å². The minimum absolute atomic E-state index is 0.0283. The minimum Gasteiger partial charge on any atom is -0.390 e. The molecule has 1 atom stereocenters. The van der Waals surface area contributed by atoms with E-state index in [0.717, 1.165) is 38.2 Å². The third kappa shape index (κ3) is 3.39. The molecule has 160 valence electrons.